The molecule has 0 unspecified atom stereocenters. The Labute approximate surface area is 156 Å². The highest BCUT2D eigenvalue weighted by molar-refractivity contribution is 9.10. The maximum absolute atomic E-state index is 12.7. The predicted molar refractivity (Wildman–Crippen MR) is 99.2 cm³/mol. The van der Waals surface area contributed by atoms with Gasteiger partial charge in [-0.15, -0.1) is 0 Å². The van der Waals surface area contributed by atoms with Gasteiger partial charge >= 0.3 is 0 Å². The minimum atomic E-state index is -0.512. The van der Waals surface area contributed by atoms with E-state index in [1.165, 1.54) is 40.0 Å². The van der Waals surface area contributed by atoms with Gasteiger partial charge in [-0.25, -0.2) is 14.4 Å². The van der Waals surface area contributed by atoms with Crippen LogP contribution in [0.15, 0.2) is 39.7 Å². The molecule has 0 spiro atoms. The van der Waals surface area contributed by atoms with Crippen molar-refractivity contribution in [2.75, 3.05) is 0 Å². The van der Waals surface area contributed by atoms with E-state index in [1.54, 1.807) is 12.3 Å². The summed E-state index contributed by atoms with van der Waals surface area (Å²) in [7, 11) is 0. The molecule has 0 radical (unpaired) electrons. The van der Waals surface area contributed by atoms with Crippen molar-refractivity contribution < 1.29 is 4.92 Å². The van der Waals surface area contributed by atoms with Gasteiger partial charge in [-0.3, -0.25) is 14.9 Å². The van der Waals surface area contributed by atoms with Gasteiger partial charge in [0.25, 0.3) is 11.2 Å². The van der Waals surface area contributed by atoms with Crippen molar-refractivity contribution in [2.45, 2.75) is 0 Å². The molecule has 0 bridgehead atoms. The molecule has 0 N–H and O–H groups in total. The lowest BCUT2D eigenvalue weighted by Crippen LogP contribution is -2.23. The zero-order valence-corrected chi connectivity index (χ0v) is 15.3. The third-order valence-corrected chi connectivity index (χ3v) is 5.27. The van der Waals surface area contributed by atoms with Crippen molar-refractivity contribution in [3.05, 3.63) is 70.5 Å². The summed E-state index contributed by atoms with van der Waals surface area (Å²) >= 11 is 10.6. The molecule has 3 heterocycles. The second-order valence-electron chi connectivity index (χ2n) is 5.10. The topological polar surface area (TPSA) is 90.4 Å². The second-order valence-corrected chi connectivity index (χ2v) is 7.44. The van der Waals surface area contributed by atoms with Gasteiger partial charge in [-0.1, -0.05) is 22.9 Å². The van der Waals surface area contributed by atoms with Crippen LogP contribution in [-0.2, 0) is 0 Å². The van der Waals surface area contributed by atoms with E-state index in [1.807, 2.05) is 0 Å². The van der Waals surface area contributed by atoms with E-state index in [0.717, 1.165) is 4.47 Å². The number of aromatic nitrogens is 3. The molecule has 0 amide bonds. The quantitative estimate of drug-likeness (QED) is 0.355. The highest BCUT2D eigenvalue weighted by Gasteiger charge is 2.14. The molecule has 124 valence electrons. The van der Waals surface area contributed by atoms with Crippen LogP contribution in [0.1, 0.15) is 5.56 Å². The van der Waals surface area contributed by atoms with Crippen molar-refractivity contribution in [3.8, 4) is 0 Å². The molecule has 7 nitrogen and oxygen atoms in total. The molecule has 0 fully saturated rings. The number of pyridine rings is 1. The Bertz CT molecular complexity index is 1280. The SMILES string of the molecule is O=c1/c(=C/c2cc([N+](=O)[O-])ccc2Cl)sc2nc3cc(Br)cnc3n12. The molecular weight excluding hydrogens is 432 g/mol. The van der Waals surface area contributed by atoms with Crippen LogP contribution >= 0.6 is 38.9 Å². The van der Waals surface area contributed by atoms with E-state index in [9.17, 15) is 14.9 Å². The Morgan fingerprint density at radius 1 is 1.36 bits per heavy atom. The number of nitro benzene ring substituents is 1. The second kappa shape index (κ2) is 5.87. The van der Waals surface area contributed by atoms with E-state index in [0.29, 0.717) is 31.2 Å². The fourth-order valence-electron chi connectivity index (χ4n) is 2.41. The van der Waals surface area contributed by atoms with Crippen molar-refractivity contribution >= 4 is 66.8 Å². The van der Waals surface area contributed by atoms with Gasteiger partial charge in [0, 0.05) is 33.4 Å². The first-order valence-corrected chi connectivity index (χ1v) is 8.85. The first kappa shape index (κ1) is 16.1. The van der Waals surface area contributed by atoms with Gasteiger partial charge in [0.2, 0.25) is 0 Å². The summed E-state index contributed by atoms with van der Waals surface area (Å²) in [6, 6.07) is 5.86. The Morgan fingerprint density at radius 3 is 2.92 bits per heavy atom. The van der Waals surface area contributed by atoms with Crippen LogP contribution in [0.4, 0.5) is 5.69 Å². The number of imidazole rings is 1. The molecule has 3 aromatic heterocycles. The van der Waals surface area contributed by atoms with Crippen LogP contribution in [0, 0.1) is 10.1 Å². The standard InChI is InChI=1S/C15H6BrClN4O3S/c16-8-5-11-13(18-6-8)20-14(22)12(25-15(20)19-11)4-7-3-9(21(23)24)1-2-10(7)17/h1-6H/b12-4-. The largest absolute Gasteiger partial charge is 0.276 e. The lowest BCUT2D eigenvalue weighted by molar-refractivity contribution is -0.384. The average molecular weight is 438 g/mol. The molecule has 10 heteroatoms. The van der Waals surface area contributed by atoms with Crippen molar-refractivity contribution in [1.29, 1.82) is 0 Å². The summed E-state index contributed by atoms with van der Waals surface area (Å²) in [6.45, 7) is 0. The molecule has 0 atom stereocenters. The van der Waals surface area contributed by atoms with Gasteiger partial charge in [0.05, 0.1) is 9.46 Å². The van der Waals surface area contributed by atoms with E-state index in [-0.39, 0.29) is 11.2 Å². The Morgan fingerprint density at radius 2 is 2.16 bits per heavy atom. The van der Waals surface area contributed by atoms with Gasteiger partial charge in [0.1, 0.15) is 5.52 Å². The maximum Gasteiger partial charge on any atom is 0.276 e. The monoisotopic (exact) mass is 436 g/mol. The number of halogens is 2. The number of nitrogens with zero attached hydrogens (tertiary/aromatic N) is 4. The number of thiazole rings is 1. The van der Waals surface area contributed by atoms with Crippen LogP contribution < -0.4 is 10.1 Å². The van der Waals surface area contributed by atoms with Crippen LogP contribution in [0.5, 0.6) is 0 Å². The molecule has 0 aliphatic rings. The molecule has 0 aliphatic heterocycles. The lowest BCUT2D eigenvalue weighted by atomic mass is 10.2. The average Bonchev–Trinajstić information content (AvgIpc) is 3.05. The number of fused-ring (bicyclic) bond motifs is 3. The van der Waals surface area contributed by atoms with Gasteiger partial charge < -0.3 is 0 Å². The maximum atomic E-state index is 12.7. The van der Waals surface area contributed by atoms with Crippen molar-refractivity contribution in [2.24, 2.45) is 0 Å². The fourth-order valence-corrected chi connectivity index (χ4v) is 3.87. The fraction of sp³-hybridized carbons (Fsp3) is 0. The summed E-state index contributed by atoms with van der Waals surface area (Å²) in [6.07, 6.45) is 3.12. The van der Waals surface area contributed by atoms with Crippen LogP contribution in [0.2, 0.25) is 5.02 Å². The Kier molecular flexibility index (Phi) is 3.78. The molecule has 4 rings (SSSR count). The van der Waals surface area contributed by atoms with Crippen LogP contribution in [0.3, 0.4) is 0 Å². The third-order valence-electron chi connectivity index (χ3n) is 3.53. The van der Waals surface area contributed by atoms with Crippen LogP contribution in [0.25, 0.3) is 22.2 Å². The van der Waals surface area contributed by atoms with Crippen molar-refractivity contribution in [3.63, 3.8) is 0 Å². The Balaban J connectivity index is 1.97. The number of nitro groups is 1. The molecule has 4 aromatic rings. The summed E-state index contributed by atoms with van der Waals surface area (Å²) in [5.74, 6) is 0. The number of benzene rings is 1. The van der Waals surface area contributed by atoms with Gasteiger partial charge in [0.15, 0.2) is 10.6 Å². The molecule has 0 saturated carbocycles. The van der Waals surface area contributed by atoms with Crippen LogP contribution in [-0.4, -0.2) is 19.3 Å². The molecule has 0 aliphatic carbocycles. The lowest BCUT2D eigenvalue weighted by Gasteiger charge is -1.97. The summed E-state index contributed by atoms with van der Waals surface area (Å²) in [5, 5.41) is 11.2. The van der Waals surface area contributed by atoms with Crippen molar-refractivity contribution in [1.82, 2.24) is 14.4 Å². The number of hydrogen-bond donors (Lipinski definition) is 0. The highest BCUT2D eigenvalue weighted by Crippen LogP contribution is 2.23. The summed E-state index contributed by atoms with van der Waals surface area (Å²) < 4.78 is 2.56. The normalized spacial score (nSPS) is 12.3. The van der Waals surface area contributed by atoms with E-state index in [2.05, 4.69) is 25.9 Å². The smallest absolute Gasteiger partial charge is 0.267 e. The van der Waals surface area contributed by atoms with E-state index in [4.69, 9.17) is 11.6 Å². The Hall–Kier alpha value is -2.36. The molecule has 1 aromatic carbocycles. The highest BCUT2D eigenvalue weighted by atomic mass is 79.9. The van der Waals surface area contributed by atoms with Gasteiger partial charge in [-0.2, -0.15) is 0 Å². The summed E-state index contributed by atoms with van der Waals surface area (Å²) in [4.78, 5) is 32.2. The minimum Gasteiger partial charge on any atom is -0.267 e. The first-order valence-electron chi connectivity index (χ1n) is 6.86. The molecule has 25 heavy (non-hydrogen) atoms. The number of rotatable bonds is 2. The predicted octanol–water partition coefficient (Wildman–Crippen LogP) is 3.18. The number of hydrogen-bond acceptors (Lipinski definition) is 6. The minimum absolute atomic E-state index is 0.0959. The zero-order valence-electron chi connectivity index (χ0n) is 12.1. The third kappa shape index (κ3) is 2.70. The molecular formula is C15H6BrClN4O3S. The van der Waals surface area contributed by atoms with E-state index < -0.39 is 4.92 Å². The first-order chi connectivity index (χ1) is 11.9. The van der Waals surface area contributed by atoms with E-state index >= 15 is 0 Å². The molecule has 0 saturated heterocycles. The zero-order chi connectivity index (χ0) is 17.7. The summed E-state index contributed by atoms with van der Waals surface area (Å²) in [5.41, 5.74) is 1.08. The number of non-ortho nitro benzene ring substituents is 1. The van der Waals surface area contributed by atoms with Gasteiger partial charge in [-0.05, 0) is 34.1 Å².